The highest BCUT2D eigenvalue weighted by Gasteiger charge is 2.07. The van der Waals surface area contributed by atoms with E-state index in [1.165, 1.54) is 37.7 Å². The standard InChI is InChI=1S/C23H16O/c1-24-23-8-4-7-19-20(23)12-11-17-13-21-16(14-22(17)19)10-9-15-5-2-3-6-18(15)21/h2-14H,1H3. The predicted octanol–water partition coefficient (Wildman–Crippen LogP) is 6.31. The summed E-state index contributed by atoms with van der Waals surface area (Å²) < 4.78 is 5.52. The molecule has 0 saturated carbocycles. The zero-order chi connectivity index (χ0) is 16.1. The SMILES string of the molecule is COc1cccc2c1ccc1cc3c(ccc4ccccc43)cc12. The van der Waals surface area contributed by atoms with Crippen LogP contribution in [-0.4, -0.2) is 7.11 Å². The van der Waals surface area contributed by atoms with Gasteiger partial charge in [0.25, 0.3) is 0 Å². The Bertz CT molecular complexity index is 1230. The van der Waals surface area contributed by atoms with E-state index in [2.05, 4.69) is 72.8 Å². The van der Waals surface area contributed by atoms with Crippen molar-refractivity contribution in [3.8, 4) is 5.75 Å². The maximum Gasteiger partial charge on any atom is 0.126 e. The van der Waals surface area contributed by atoms with Crippen molar-refractivity contribution in [3.63, 3.8) is 0 Å². The van der Waals surface area contributed by atoms with Gasteiger partial charge in [0.05, 0.1) is 7.11 Å². The van der Waals surface area contributed by atoms with Crippen molar-refractivity contribution >= 4 is 43.1 Å². The molecule has 0 N–H and O–H groups in total. The topological polar surface area (TPSA) is 9.23 Å². The van der Waals surface area contributed by atoms with E-state index in [4.69, 9.17) is 4.74 Å². The third kappa shape index (κ3) is 1.82. The summed E-state index contributed by atoms with van der Waals surface area (Å²) in [5.41, 5.74) is 0. The number of rotatable bonds is 1. The number of ether oxygens (including phenoxy) is 1. The highest BCUT2D eigenvalue weighted by Crippen LogP contribution is 2.35. The Morgan fingerprint density at radius 2 is 1.17 bits per heavy atom. The summed E-state index contributed by atoms with van der Waals surface area (Å²) in [6.07, 6.45) is 0. The number of hydrogen-bond acceptors (Lipinski definition) is 1. The molecule has 0 saturated heterocycles. The summed E-state index contributed by atoms with van der Waals surface area (Å²) in [7, 11) is 1.73. The van der Waals surface area contributed by atoms with Crippen LogP contribution in [0.5, 0.6) is 5.75 Å². The van der Waals surface area contributed by atoms with Crippen LogP contribution >= 0.6 is 0 Å². The van der Waals surface area contributed by atoms with Gasteiger partial charge in [-0.1, -0.05) is 60.7 Å². The summed E-state index contributed by atoms with van der Waals surface area (Å²) in [6, 6.07) is 28.2. The summed E-state index contributed by atoms with van der Waals surface area (Å²) >= 11 is 0. The first-order valence-corrected chi connectivity index (χ1v) is 8.16. The smallest absolute Gasteiger partial charge is 0.126 e. The minimum absolute atomic E-state index is 0.924. The van der Waals surface area contributed by atoms with E-state index in [1.807, 2.05) is 6.07 Å². The van der Waals surface area contributed by atoms with E-state index in [-0.39, 0.29) is 0 Å². The van der Waals surface area contributed by atoms with Crippen molar-refractivity contribution < 1.29 is 4.74 Å². The largest absolute Gasteiger partial charge is 0.496 e. The molecule has 0 aromatic heterocycles. The maximum atomic E-state index is 5.52. The van der Waals surface area contributed by atoms with Crippen LogP contribution in [0.3, 0.4) is 0 Å². The molecule has 5 rings (SSSR count). The van der Waals surface area contributed by atoms with Gasteiger partial charge < -0.3 is 4.74 Å². The summed E-state index contributed by atoms with van der Waals surface area (Å²) in [5.74, 6) is 0.924. The Kier molecular flexibility index (Phi) is 2.77. The molecule has 24 heavy (non-hydrogen) atoms. The van der Waals surface area contributed by atoms with Gasteiger partial charge in [-0.05, 0) is 55.9 Å². The van der Waals surface area contributed by atoms with Crippen LogP contribution in [0.1, 0.15) is 0 Å². The summed E-state index contributed by atoms with van der Waals surface area (Å²) in [6.45, 7) is 0. The first kappa shape index (κ1) is 13.4. The Hall–Kier alpha value is -3.06. The molecule has 0 fully saturated rings. The molecule has 0 spiro atoms. The van der Waals surface area contributed by atoms with E-state index >= 15 is 0 Å². The molecule has 0 aliphatic heterocycles. The van der Waals surface area contributed by atoms with Crippen molar-refractivity contribution in [2.75, 3.05) is 7.11 Å². The first-order valence-electron chi connectivity index (χ1n) is 8.16. The number of benzene rings is 5. The molecule has 1 nitrogen and oxygen atoms in total. The Morgan fingerprint density at radius 1 is 0.500 bits per heavy atom. The lowest BCUT2D eigenvalue weighted by atomic mass is 9.95. The molecule has 0 heterocycles. The molecule has 0 unspecified atom stereocenters. The van der Waals surface area contributed by atoms with Gasteiger partial charge in [0.1, 0.15) is 5.75 Å². The monoisotopic (exact) mass is 308 g/mol. The zero-order valence-electron chi connectivity index (χ0n) is 13.4. The van der Waals surface area contributed by atoms with Crippen LogP contribution in [-0.2, 0) is 0 Å². The van der Waals surface area contributed by atoms with Gasteiger partial charge in [-0.15, -0.1) is 0 Å². The minimum Gasteiger partial charge on any atom is -0.496 e. The van der Waals surface area contributed by atoms with Crippen molar-refractivity contribution in [2.45, 2.75) is 0 Å². The minimum atomic E-state index is 0.924. The van der Waals surface area contributed by atoms with E-state index in [0.29, 0.717) is 0 Å². The molecule has 5 aromatic carbocycles. The van der Waals surface area contributed by atoms with Gasteiger partial charge in [-0.25, -0.2) is 0 Å². The van der Waals surface area contributed by atoms with Crippen molar-refractivity contribution in [3.05, 3.63) is 78.9 Å². The van der Waals surface area contributed by atoms with Crippen LogP contribution in [0.25, 0.3) is 43.1 Å². The second-order valence-electron chi connectivity index (χ2n) is 6.20. The molecule has 0 atom stereocenters. The molecule has 0 radical (unpaired) electrons. The molecule has 0 aliphatic carbocycles. The van der Waals surface area contributed by atoms with Crippen molar-refractivity contribution in [1.29, 1.82) is 0 Å². The average molecular weight is 308 g/mol. The van der Waals surface area contributed by atoms with Gasteiger partial charge in [0, 0.05) is 5.39 Å². The normalized spacial score (nSPS) is 11.5. The van der Waals surface area contributed by atoms with Crippen LogP contribution in [0, 0.1) is 0 Å². The van der Waals surface area contributed by atoms with E-state index in [0.717, 1.165) is 11.1 Å². The summed E-state index contributed by atoms with van der Waals surface area (Å²) in [4.78, 5) is 0. The molecule has 114 valence electrons. The van der Waals surface area contributed by atoms with Crippen LogP contribution in [0.4, 0.5) is 0 Å². The van der Waals surface area contributed by atoms with Gasteiger partial charge in [-0.3, -0.25) is 0 Å². The summed E-state index contributed by atoms with van der Waals surface area (Å²) in [5, 5.41) is 10.1. The van der Waals surface area contributed by atoms with Crippen molar-refractivity contribution in [1.82, 2.24) is 0 Å². The van der Waals surface area contributed by atoms with Gasteiger partial charge in [0.2, 0.25) is 0 Å². The lowest BCUT2D eigenvalue weighted by Crippen LogP contribution is -1.86. The lowest BCUT2D eigenvalue weighted by molar-refractivity contribution is 0.420. The Balaban J connectivity index is 1.97. The van der Waals surface area contributed by atoms with Gasteiger partial charge in [-0.2, -0.15) is 0 Å². The van der Waals surface area contributed by atoms with Crippen LogP contribution in [0.2, 0.25) is 0 Å². The molecular weight excluding hydrogens is 292 g/mol. The Labute approximate surface area is 140 Å². The lowest BCUT2D eigenvalue weighted by Gasteiger charge is -2.10. The highest BCUT2D eigenvalue weighted by molar-refractivity contribution is 6.17. The van der Waals surface area contributed by atoms with Gasteiger partial charge in [0.15, 0.2) is 0 Å². The molecule has 0 aliphatic rings. The fraction of sp³-hybridized carbons (Fsp3) is 0.0435. The highest BCUT2D eigenvalue weighted by atomic mass is 16.5. The fourth-order valence-electron chi connectivity index (χ4n) is 3.74. The second kappa shape index (κ2) is 4.97. The van der Waals surface area contributed by atoms with E-state index in [1.54, 1.807) is 7.11 Å². The second-order valence-corrected chi connectivity index (χ2v) is 6.20. The number of fused-ring (bicyclic) bond motifs is 6. The molecule has 1 heteroatoms. The quantitative estimate of drug-likeness (QED) is 0.260. The maximum absolute atomic E-state index is 5.52. The first-order chi connectivity index (χ1) is 11.8. The number of methoxy groups -OCH3 is 1. The van der Waals surface area contributed by atoms with Crippen LogP contribution in [0.15, 0.2) is 78.9 Å². The average Bonchev–Trinajstić information content (AvgIpc) is 2.65. The fourth-order valence-corrected chi connectivity index (χ4v) is 3.74. The molecule has 0 amide bonds. The Morgan fingerprint density at radius 3 is 2.00 bits per heavy atom. The van der Waals surface area contributed by atoms with Crippen LogP contribution < -0.4 is 4.74 Å². The number of hydrogen-bond donors (Lipinski definition) is 0. The predicted molar refractivity (Wildman–Crippen MR) is 103 cm³/mol. The zero-order valence-corrected chi connectivity index (χ0v) is 13.4. The van der Waals surface area contributed by atoms with Gasteiger partial charge >= 0.3 is 0 Å². The third-order valence-corrected chi connectivity index (χ3v) is 4.92. The van der Waals surface area contributed by atoms with Crippen molar-refractivity contribution in [2.24, 2.45) is 0 Å². The van der Waals surface area contributed by atoms with E-state index < -0.39 is 0 Å². The molecule has 0 bridgehead atoms. The van der Waals surface area contributed by atoms with E-state index in [9.17, 15) is 0 Å². The third-order valence-electron chi connectivity index (χ3n) is 4.92. The molecule has 5 aromatic rings. The molecular formula is C23H16O.